The van der Waals surface area contributed by atoms with Crippen LogP contribution in [0.4, 0.5) is 9.18 Å². The lowest BCUT2D eigenvalue weighted by Gasteiger charge is -2.47. The normalized spacial score (nSPS) is 30.6. The monoisotopic (exact) mass is 598 g/mol. The van der Waals surface area contributed by atoms with Crippen LogP contribution in [-0.2, 0) is 25.6 Å². The molecule has 4 aliphatic heterocycles. The van der Waals surface area contributed by atoms with Crippen LogP contribution < -0.4 is 5.32 Å². The molecule has 0 unspecified atom stereocenters. The Hall–Kier alpha value is -3.05. The molecule has 3 atom stereocenters. The summed E-state index contributed by atoms with van der Waals surface area (Å²) in [4.78, 5) is 54.8. The Balaban J connectivity index is 0.957. The van der Waals surface area contributed by atoms with E-state index >= 15 is 4.39 Å². The molecule has 43 heavy (non-hydrogen) atoms. The summed E-state index contributed by atoms with van der Waals surface area (Å²) in [6.45, 7) is 8.39. The van der Waals surface area contributed by atoms with Crippen LogP contribution in [0.3, 0.4) is 0 Å². The molecule has 4 amide bonds. The molecule has 0 radical (unpaired) electrons. The number of fused-ring (bicyclic) bond motifs is 1. The van der Waals surface area contributed by atoms with E-state index in [0.29, 0.717) is 50.6 Å². The van der Waals surface area contributed by atoms with E-state index in [2.05, 4.69) is 10.2 Å². The number of piperidine rings is 3. The zero-order valence-corrected chi connectivity index (χ0v) is 25.4. The quantitative estimate of drug-likeness (QED) is 0.517. The zero-order valence-electron chi connectivity index (χ0n) is 25.4. The number of ether oxygens (including phenoxy) is 2. The van der Waals surface area contributed by atoms with Gasteiger partial charge in [0, 0.05) is 50.1 Å². The molecule has 5 aliphatic rings. The molecule has 1 aliphatic carbocycles. The Morgan fingerprint density at radius 2 is 1.74 bits per heavy atom. The van der Waals surface area contributed by atoms with Gasteiger partial charge in [-0.2, -0.15) is 0 Å². The van der Waals surface area contributed by atoms with E-state index in [-0.39, 0.29) is 42.5 Å². The summed E-state index contributed by atoms with van der Waals surface area (Å²) in [5.41, 5.74) is 1.77. The number of hydrogen-bond donors (Lipinski definition) is 1. The van der Waals surface area contributed by atoms with Gasteiger partial charge in [0.05, 0.1) is 12.2 Å². The number of imide groups is 1. The van der Waals surface area contributed by atoms with Crippen LogP contribution in [0.2, 0.25) is 0 Å². The van der Waals surface area contributed by atoms with Crippen molar-refractivity contribution in [3.05, 3.63) is 34.9 Å². The first-order valence-electron chi connectivity index (χ1n) is 15.7. The van der Waals surface area contributed by atoms with E-state index in [9.17, 15) is 19.2 Å². The number of carbonyl (C=O) groups is 4. The molecule has 1 saturated carbocycles. The summed E-state index contributed by atoms with van der Waals surface area (Å²) in [6, 6.07) is 5.24. The van der Waals surface area contributed by atoms with Gasteiger partial charge in [-0.3, -0.25) is 24.6 Å². The maximum absolute atomic E-state index is 15.6. The Morgan fingerprint density at radius 1 is 1.00 bits per heavy atom. The van der Waals surface area contributed by atoms with Crippen LogP contribution in [0.5, 0.6) is 0 Å². The molecule has 1 aromatic rings. The predicted molar refractivity (Wildman–Crippen MR) is 155 cm³/mol. The first kappa shape index (κ1) is 30.0. The van der Waals surface area contributed by atoms with Gasteiger partial charge >= 0.3 is 6.09 Å². The number of rotatable bonds is 5. The summed E-state index contributed by atoms with van der Waals surface area (Å²) < 4.78 is 27.4. The fourth-order valence-electron chi connectivity index (χ4n) is 7.18. The number of hydrogen-bond acceptors (Lipinski definition) is 7. The molecule has 1 N–H and O–H groups in total. The molecule has 6 rings (SSSR count). The van der Waals surface area contributed by atoms with Crippen molar-refractivity contribution in [2.75, 3.05) is 26.2 Å². The largest absolute Gasteiger partial charge is 0.444 e. The van der Waals surface area contributed by atoms with Gasteiger partial charge in [0.25, 0.3) is 5.91 Å². The lowest BCUT2D eigenvalue weighted by Crippen LogP contribution is -2.54. The molecule has 1 aromatic carbocycles. The summed E-state index contributed by atoms with van der Waals surface area (Å²) >= 11 is 0. The molecule has 10 nitrogen and oxygen atoms in total. The molecular weight excluding hydrogens is 555 g/mol. The van der Waals surface area contributed by atoms with Crippen molar-refractivity contribution in [3.8, 4) is 0 Å². The minimum atomic E-state index is -1.01. The maximum atomic E-state index is 15.6. The summed E-state index contributed by atoms with van der Waals surface area (Å²) in [5.74, 6) is -1.18. The van der Waals surface area contributed by atoms with E-state index in [4.69, 9.17) is 9.47 Å². The van der Waals surface area contributed by atoms with Crippen LogP contribution in [-0.4, -0.2) is 101 Å². The van der Waals surface area contributed by atoms with E-state index < -0.39 is 23.7 Å². The van der Waals surface area contributed by atoms with Crippen molar-refractivity contribution in [1.29, 1.82) is 0 Å². The summed E-state index contributed by atoms with van der Waals surface area (Å²) in [7, 11) is 0. The lowest BCUT2D eigenvalue weighted by molar-refractivity contribution is -0.136. The van der Waals surface area contributed by atoms with E-state index in [1.807, 2.05) is 32.9 Å². The van der Waals surface area contributed by atoms with Crippen molar-refractivity contribution in [3.63, 3.8) is 0 Å². The highest BCUT2D eigenvalue weighted by molar-refractivity contribution is 6.05. The maximum Gasteiger partial charge on any atom is 0.410 e. The number of nitrogens with zero attached hydrogens (tertiary/aromatic N) is 3. The Kier molecular flexibility index (Phi) is 8.23. The van der Waals surface area contributed by atoms with Crippen LogP contribution >= 0.6 is 0 Å². The second kappa shape index (κ2) is 11.8. The Labute approximate surface area is 252 Å². The fraction of sp³-hybridized carbons (Fsp3) is 0.688. The number of nitrogens with one attached hydrogen (secondary N) is 1. The molecule has 4 heterocycles. The van der Waals surface area contributed by atoms with Crippen molar-refractivity contribution in [2.24, 2.45) is 0 Å². The topological polar surface area (TPSA) is 108 Å². The third-order valence-electron chi connectivity index (χ3n) is 9.61. The zero-order chi connectivity index (χ0) is 30.5. The average Bonchev–Trinajstić information content (AvgIpc) is 3.25. The van der Waals surface area contributed by atoms with Crippen LogP contribution in [0, 0.1) is 0 Å². The van der Waals surface area contributed by atoms with Gasteiger partial charge in [-0.15, -0.1) is 0 Å². The summed E-state index contributed by atoms with van der Waals surface area (Å²) in [5, 5.41) is 2.33. The number of likely N-dealkylation sites (tertiary alicyclic amines) is 2. The van der Waals surface area contributed by atoms with Crippen LogP contribution in [0.15, 0.2) is 18.2 Å². The molecule has 0 bridgehead atoms. The molecule has 0 spiro atoms. The second-order valence-corrected chi connectivity index (χ2v) is 13.8. The SMILES string of the molecule is CC(C)(C)OC(=O)N1CCC(OC2CC(N3CC[C@H](c4ccc5c(c4)CN([C@@H]4CCC(=O)NC4=O)C5=O)[C@H](F)C3)C2)CC1. The van der Waals surface area contributed by atoms with E-state index in [1.165, 1.54) is 4.90 Å². The van der Waals surface area contributed by atoms with Crippen LogP contribution in [0.1, 0.15) is 93.1 Å². The number of benzene rings is 1. The summed E-state index contributed by atoms with van der Waals surface area (Å²) in [6.07, 6.45) is 3.70. The smallest absolute Gasteiger partial charge is 0.410 e. The van der Waals surface area contributed by atoms with Crippen molar-refractivity contribution in [1.82, 2.24) is 20.0 Å². The molecule has 4 fully saturated rings. The highest BCUT2D eigenvalue weighted by atomic mass is 19.1. The fourth-order valence-corrected chi connectivity index (χ4v) is 7.18. The third-order valence-corrected chi connectivity index (χ3v) is 9.61. The Morgan fingerprint density at radius 3 is 2.42 bits per heavy atom. The van der Waals surface area contributed by atoms with Gasteiger partial charge in [0.15, 0.2) is 0 Å². The minimum absolute atomic E-state index is 0.141. The van der Waals surface area contributed by atoms with Gasteiger partial charge < -0.3 is 19.3 Å². The van der Waals surface area contributed by atoms with Gasteiger partial charge in [-0.25, -0.2) is 9.18 Å². The minimum Gasteiger partial charge on any atom is -0.444 e. The number of carbonyl (C=O) groups excluding carboxylic acids is 4. The standard InChI is InChI=1S/C32H43FN4O6/c1-32(2,3)43-31(41)35-11-8-22(9-12-35)42-23-15-21(16-23)36-13-10-24(26(33)18-36)19-4-5-25-20(14-19)17-37(30(25)40)27-6-7-28(38)34-29(27)39/h4-5,14,21-24,26-27H,6-13,15-18H2,1-3H3,(H,34,38,39)/t21?,23?,24-,26-,27-/m1/s1. The van der Waals surface area contributed by atoms with Gasteiger partial charge in [0.1, 0.15) is 17.8 Å². The van der Waals surface area contributed by atoms with E-state index in [0.717, 1.165) is 43.4 Å². The van der Waals surface area contributed by atoms with Crippen molar-refractivity contribution in [2.45, 2.75) is 114 Å². The van der Waals surface area contributed by atoms with E-state index in [1.54, 1.807) is 11.0 Å². The van der Waals surface area contributed by atoms with Gasteiger partial charge in [0.2, 0.25) is 11.8 Å². The highest BCUT2D eigenvalue weighted by Gasteiger charge is 2.42. The molecule has 234 valence electrons. The predicted octanol–water partition coefficient (Wildman–Crippen LogP) is 3.52. The number of halogens is 1. The van der Waals surface area contributed by atoms with Crippen molar-refractivity contribution < 1.29 is 33.0 Å². The van der Waals surface area contributed by atoms with Crippen LogP contribution in [0.25, 0.3) is 0 Å². The number of alkyl halides is 1. The first-order valence-corrected chi connectivity index (χ1v) is 15.7. The van der Waals surface area contributed by atoms with Crippen molar-refractivity contribution >= 4 is 23.8 Å². The molecule has 0 aromatic heterocycles. The molecule has 3 saturated heterocycles. The number of amides is 4. The van der Waals surface area contributed by atoms with Gasteiger partial charge in [-0.1, -0.05) is 12.1 Å². The Bertz CT molecular complexity index is 1270. The third kappa shape index (κ3) is 6.43. The second-order valence-electron chi connectivity index (χ2n) is 13.8. The molecule has 11 heteroatoms. The first-order chi connectivity index (χ1) is 20.4. The lowest BCUT2D eigenvalue weighted by atomic mass is 9.82. The average molecular weight is 599 g/mol. The molecular formula is C32H43FN4O6. The highest BCUT2D eigenvalue weighted by Crippen LogP contribution is 2.38. The van der Waals surface area contributed by atoms with Gasteiger partial charge in [-0.05, 0) is 83.0 Å².